The lowest BCUT2D eigenvalue weighted by Gasteiger charge is -2.22. The lowest BCUT2D eigenvalue weighted by molar-refractivity contribution is 0.0983. The summed E-state index contributed by atoms with van der Waals surface area (Å²) >= 11 is 0. The van der Waals surface area contributed by atoms with Crippen molar-refractivity contribution < 1.29 is 9.53 Å². The normalized spacial score (nSPS) is 10.9. The fourth-order valence-corrected chi connectivity index (χ4v) is 3.49. The third-order valence-electron chi connectivity index (χ3n) is 5.03. The first-order valence-electron chi connectivity index (χ1n) is 9.50. The van der Waals surface area contributed by atoms with Crippen LogP contribution in [0.3, 0.4) is 0 Å². The van der Waals surface area contributed by atoms with Gasteiger partial charge in [0.2, 0.25) is 0 Å². The number of hydrogen-bond donors (Lipinski definition) is 0. The van der Waals surface area contributed by atoms with E-state index in [1.807, 2.05) is 80.6 Å². The van der Waals surface area contributed by atoms with Crippen LogP contribution >= 0.6 is 0 Å². The van der Waals surface area contributed by atoms with Crippen LogP contribution in [-0.4, -0.2) is 34.6 Å². The molecule has 1 aromatic heterocycles. The summed E-state index contributed by atoms with van der Waals surface area (Å²) in [7, 11) is 1.62. The molecule has 4 rings (SSSR count). The molecule has 0 N–H and O–H groups in total. The topological polar surface area (TPSA) is 60.2 Å². The number of ether oxygens (including phenoxy) is 1. The number of anilines is 1. The Kier molecular flexibility index (Phi) is 4.99. The Balaban J connectivity index is 1.72. The summed E-state index contributed by atoms with van der Waals surface area (Å²) in [4.78, 5) is 15.1. The van der Waals surface area contributed by atoms with Crippen LogP contribution in [0.5, 0.6) is 5.75 Å². The van der Waals surface area contributed by atoms with Gasteiger partial charge in [0, 0.05) is 11.9 Å². The van der Waals surface area contributed by atoms with E-state index in [1.165, 1.54) is 0 Å². The Morgan fingerprint density at radius 1 is 1.03 bits per heavy atom. The maximum absolute atomic E-state index is 13.4. The number of fused-ring (bicyclic) bond motifs is 1. The van der Waals surface area contributed by atoms with Gasteiger partial charge in [-0.05, 0) is 49.6 Å². The average Bonchev–Trinajstić information content (AvgIpc) is 3.15. The molecule has 6 nitrogen and oxygen atoms in total. The van der Waals surface area contributed by atoms with E-state index in [4.69, 9.17) is 4.74 Å². The fourth-order valence-electron chi connectivity index (χ4n) is 3.49. The molecule has 0 aliphatic carbocycles. The van der Waals surface area contributed by atoms with Gasteiger partial charge in [-0.2, -0.15) is 0 Å². The molecule has 29 heavy (non-hydrogen) atoms. The molecular formula is C23H22N4O2. The largest absolute Gasteiger partial charge is 0.497 e. The molecule has 0 saturated heterocycles. The van der Waals surface area contributed by atoms with Crippen LogP contribution in [0.25, 0.3) is 16.5 Å². The van der Waals surface area contributed by atoms with E-state index in [9.17, 15) is 4.79 Å². The molecule has 0 aliphatic rings. The standard InChI is InChI=1S/C23H22N4O2/c1-4-26(21-11-7-9-17-8-5-6-10-20(17)21)23(28)22-16(2)27(25-24-22)18-12-14-19(29-3)15-13-18/h5-15H,4H2,1-3H3. The zero-order chi connectivity index (χ0) is 20.4. The lowest BCUT2D eigenvalue weighted by atomic mass is 10.1. The highest BCUT2D eigenvalue weighted by Gasteiger charge is 2.24. The molecule has 3 aromatic carbocycles. The van der Waals surface area contributed by atoms with E-state index < -0.39 is 0 Å². The summed E-state index contributed by atoms with van der Waals surface area (Å²) in [5.74, 6) is 0.594. The molecular weight excluding hydrogens is 364 g/mol. The van der Waals surface area contributed by atoms with Crippen LogP contribution in [0, 0.1) is 6.92 Å². The summed E-state index contributed by atoms with van der Waals surface area (Å²) in [5, 5.41) is 10.5. The number of carbonyl (C=O) groups is 1. The van der Waals surface area contributed by atoms with Gasteiger partial charge in [-0.1, -0.05) is 41.6 Å². The maximum Gasteiger partial charge on any atom is 0.280 e. The summed E-state index contributed by atoms with van der Waals surface area (Å²) in [6.45, 7) is 4.35. The molecule has 0 fully saturated rings. The Labute approximate surface area is 169 Å². The Bertz CT molecular complexity index is 1160. The maximum atomic E-state index is 13.4. The average molecular weight is 386 g/mol. The molecule has 0 atom stereocenters. The molecule has 0 bridgehead atoms. The molecule has 6 heteroatoms. The van der Waals surface area contributed by atoms with Crippen LogP contribution in [0.15, 0.2) is 66.7 Å². The second-order valence-electron chi connectivity index (χ2n) is 6.68. The van der Waals surface area contributed by atoms with Crippen molar-refractivity contribution in [2.24, 2.45) is 0 Å². The first-order chi connectivity index (χ1) is 14.1. The van der Waals surface area contributed by atoms with Crippen LogP contribution in [-0.2, 0) is 0 Å². The summed E-state index contributed by atoms with van der Waals surface area (Å²) in [6, 6.07) is 21.5. The minimum atomic E-state index is -0.166. The van der Waals surface area contributed by atoms with Gasteiger partial charge in [-0.25, -0.2) is 4.68 Å². The number of benzene rings is 3. The van der Waals surface area contributed by atoms with E-state index >= 15 is 0 Å². The van der Waals surface area contributed by atoms with Gasteiger partial charge in [0.25, 0.3) is 5.91 Å². The van der Waals surface area contributed by atoms with Crippen molar-refractivity contribution in [3.63, 3.8) is 0 Å². The van der Waals surface area contributed by atoms with Gasteiger partial charge >= 0.3 is 0 Å². The smallest absolute Gasteiger partial charge is 0.280 e. The van der Waals surface area contributed by atoms with Crippen molar-refractivity contribution in [1.82, 2.24) is 15.0 Å². The predicted octanol–water partition coefficient (Wildman–Crippen LogP) is 4.40. The van der Waals surface area contributed by atoms with E-state index in [0.717, 1.165) is 27.9 Å². The minimum absolute atomic E-state index is 0.166. The van der Waals surface area contributed by atoms with Crippen LogP contribution in [0.4, 0.5) is 5.69 Å². The third kappa shape index (κ3) is 3.33. The summed E-state index contributed by atoms with van der Waals surface area (Å²) < 4.78 is 6.87. The SMILES string of the molecule is CCN(C(=O)c1nnn(-c2ccc(OC)cc2)c1C)c1cccc2ccccc12. The molecule has 0 saturated carbocycles. The van der Waals surface area contributed by atoms with Crippen molar-refractivity contribution in [1.29, 1.82) is 0 Å². The van der Waals surface area contributed by atoms with Gasteiger partial charge in [-0.3, -0.25) is 4.79 Å². The zero-order valence-electron chi connectivity index (χ0n) is 16.7. The van der Waals surface area contributed by atoms with E-state index in [0.29, 0.717) is 17.9 Å². The highest BCUT2D eigenvalue weighted by Crippen LogP contribution is 2.28. The van der Waals surface area contributed by atoms with Crippen LogP contribution in [0.2, 0.25) is 0 Å². The van der Waals surface area contributed by atoms with Gasteiger partial charge < -0.3 is 9.64 Å². The molecule has 0 unspecified atom stereocenters. The van der Waals surface area contributed by atoms with Gasteiger partial charge in [-0.15, -0.1) is 5.10 Å². The molecule has 0 aliphatic heterocycles. The molecule has 146 valence electrons. The molecule has 0 radical (unpaired) electrons. The number of methoxy groups -OCH3 is 1. The monoisotopic (exact) mass is 386 g/mol. The van der Waals surface area contributed by atoms with Gasteiger partial charge in [0.1, 0.15) is 5.75 Å². The lowest BCUT2D eigenvalue weighted by Crippen LogP contribution is -2.31. The van der Waals surface area contributed by atoms with Crippen molar-refractivity contribution in [2.75, 3.05) is 18.6 Å². The van der Waals surface area contributed by atoms with Crippen LogP contribution < -0.4 is 9.64 Å². The first kappa shape index (κ1) is 18.7. The number of aromatic nitrogens is 3. The van der Waals surface area contributed by atoms with Crippen LogP contribution in [0.1, 0.15) is 23.1 Å². The quantitative estimate of drug-likeness (QED) is 0.510. The van der Waals surface area contributed by atoms with Crippen molar-refractivity contribution in [2.45, 2.75) is 13.8 Å². The molecule has 1 heterocycles. The summed E-state index contributed by atoms with van der Waals surface area (Å²) in [6.07, 6.45) is 0. The van der Waals surface area contributed by atoms with E-state index in [2.05, 4.69) is 10.3 Å². The number of carbonyl (C=O) groups excluding carboxylic acids is 1. The Morgan fingerprint density at radius 3 is 2.48 bits per heavy atom. The van der Waals surface area contributed by atoms with Crippen molar-refractivity contribution in [3.05, 3.63) is 78.1 Å². The number of amides is 1. The van der Waals surface area contributed by atoms with Gasteiger partial charge in [0.05, 0.1) is 24.2 Å². The zero-order valence-corrected chi connectivity index (χ0v) is 16.7. The number of rotatable bonds is 5. The summed E-state index contributed by atoms with van der Waals surface area (Å²) in [5.41, 5.74) is 2.73. The molecule has 0 spiro atoms. The highest BCUT2D eigenvalue weighted by molar-refractivity contribution is 6.10. The third-order valence-corrected chi connectivity index (χ3v) is 5.03. The Morgan fingerprint density at radius 2 is 1.76 bits per heavy atom. The number of nitrogens with zero attached hydrogens (tertiary/aromatic N) is 4. The first-order valence-corrected chi connectivity index (χ1v) is 9.50. The number of hydrogen-bond acceptors (Lipinski definition) is 4. The highest BCUT2D eigenvalue weighted by atomic mass is 16.5. The molecule has 4 aromatic rings. The fraction of sp³-hybridized carbons (Fsp3) is 0.174. The predicted molar refractivity (Wildman–Crippen MR) is 114 cm³/mol. The second kappa shape index (κ2) is 7.75. The second-order valence-corrected chi connectivity index (χ2v) is 6.68. The van der Waals surface area contributed by atoms with Crippen molar-refractivity contribution >= 4 is 22.4 Å². The van der Waals surface area contributed by atoms with Gasteiger partial charge in [0.15, 0.2) is 5.69 Å². The Hall–Kier alpha value is -3.67. The molecule has 1 amide bonds. The van der Waals surface area contributed by atoms with E-state index in [1.54, 1.807) is 16.7 Å². The minimum Gasteiger partial charge on any atom is -0.497 e. The van der Waals surface area contributed by atoms with Crippen molar-refractivity contribution in [3.8, 4) is 11.4 Å². The van der Waals surface area contributed by atoms with E-state index in [-0.39, 0.29) is 5.91 Å².